The average Bonchev–Trinajstić information content (AvgIpc) is 3.27. The highest BCUT2D eigenvalue weighted by Gasteiger charge is 2.21. The molecular weight excluding hydrogens is 785 g/mol. The quantitative estimate of drug-likeness (QED) is 0.0333. The van der Waals surface area contributed by atoms with Crippen LogP contribution >= 0.6 is 0 Å². The average molecular weight is 883 g/mol. The molecule has 0 unspecified atom stereocenters. The van der Waals surface area contributed by atoms with Crippen LogP contribution in [0, 0.1) is 11.8 Å². The Morgan fingerprint density at radius 3 is 1.03 bits per heavy atom. The second-order valence-electron chi connectivity index (χ2n) is 17.4. The monoisotopic (exact) mass is 883 g/mol. The van der Waals surface area contributed by atoms with Gasteiger partial charge in [0.2, 0.25) is 0 Å². The van der Waals surface area contributed by atoms with Crippen LogP contribution in [0.25, 0.3) is 0 Å². The molecule has 62 heavy (non-hydrogen) atoms. The van der Waals surface area contributed by atoms with Crippen molar-refractivity contribution in [2.24, 2.45) is 11.8 Å². The summed E-state index contributed by atoms with van der Waals surface area (Å²) in [6, 6.07) is 0. The summed E-state index contributed by atoms with van der Waals surface area (Å²) >= 11 is 0. The third-order valence-electron chi connectivity index (χ3n) is 12.0. The van der Waals surface area contributed by atoms with Gasteiger partial charge in [-0.2, -0.15) is 0 Å². The molecule has 0 bridgehead atoms. The molecule has 0 rings (SSSR count). The number of esters is 2. The van der Waals surface area contributed by atoms with E-state index in [0.29, 0.717) is 51.2 Å². The number of amides is 2. The van der Waals surface area contributed by atoms with Crippen LogP contribution in [0.15, 0.2) is 0 Å². The zero-order valence-electron chi connectivity index (χ0n) is 41.7. The fourth-order valence-electron chi connectivity index (χ4n) is 7.52. The maximum absolute atomic E-state index is 13.3. The third-order valence-corrected chi connectivity index (χ3v) is 12.0. The van der Waals surface area contributed by atoms with Gasteiger partial charge >= 0.3 is 24.1 Å². The predicted octanol–water partition coefficient (Wildman–Crippen LogP) is 11.5. The minimum absolute atomic E-state index is 0.145. The van der Waals surface area contributed by atoms with Crippen LogP contribution in [0.3, 0.4) is 0 Å². The summed E-state index contributed by atoms with van der Waals surface area (Å²) in [6.45, 7) is 24.5. The van der Waals surface area contributed by atoms with Gasteiger partial charge in [0.1, 0.15) is 13.2 Å². The van der Waals surface area contributed by atoms with Crippen molar-refractivity contribution in [3.05, 3.63) is 0 Å². The van der Waals surface area contributed by atoms with Crippen LogP contribution in [-0.2, 0) is 28.5 Å². The van der Waals surface area contributed by atoms with Crippen molar-refractivity contribution in [3.63, 3.8) is 0 Å². The smallest absolute Gasteiger partial charge is 0.409 e. The summed E-state index contributed by atoms with van der Waals surface area (Å²) in [5, 5.41) is 0. The summed E-state index contributed by atoms with van der Waals surface area (Å²) in [5.41, 5.74) is 0. The Bertz CT molecular complexity index is 984. The molecule has 12 nitrogen and oxygen atoms in total. The summed E-state index contributed by atoms with van der Waals surface area (Å²) in [5.74, 6) is 0.259. The van der Waals surface area contributed by atoms with Crippen LogP contribution in [0.2, 0.25) is 0 Å². The summed E-state index contributed by atoms with van der Waals surface area (Å²) in [7, 11) is 0. The Kier molecular flexibility index (Phi) is 40.6. The number of rotatable bonds is 43. The lowest BCUT2D eigenvalue weighted by molar-refractivity contribution is -0.146. The lowest BCUT2D eigenvalue weighted by Gasteiger charge is -2.27. The van der Waals surface area contributed by atoms with Gasteiger partial charge in [0.25, 0.3) is 0 Å². The Hall–Kier alpha value is -2.60. The number of likely N-dealkylation sites (N-methyl/N-ethyl adjacent to an activating group) is 1. The zero-order chi connectivity index (χ0) is 46.1. The second kappa shape index (κ2) is 42.4. The number of hydrogen-bond donors (Lipinski definition) is 0. The van der Waals surface area contributed by atoms with Crippen molar-refractivity contribution in [1.29, 1.82) is 0 Å². The number of unbranched alkanes of at least 4 members (excludes halogenated alkanes) is 10. The van der Waals surface area contributed by atoms with E-state index in [2.05, 4.69) is 65.2 Å². The topological polar surface area (TPSA) is 118 Å². The highest BCUT2D eigenvalue weighted by Crippen LogP contribution is 2.20. The van der Waals surface area contributed by atoms with Gasteiger partial charge < -0.3 is 33.6 Å². The van der Waals surface area contributed by atoms with Gasteiger partial charge in [0, 0.05) is 52.4 Å². The molecule has 0 atom stereocenters. The molecule has 366 valence electrons. The Balaban J connectivity index is 5.27. The van der Waals surface area contributed by atoms with Gasteiger partial charge in [-0.05, 0) is 63.5 Å². The van der Waals surface area contributed by atoms with Crippen LogP contribution in [0.4, 0.5) is 9.59 Å². The van der Waals surface area contributed by atoms with Crippen LogP contribution < -0.4 is 0 Å². The zero-order valence-corrected chi connectivity index (χ0v) is 41.7. The van der Waals surface area contributed by atoms with E-state index in [-0.39, 0.29) is 51.1 Å². The number of carbonyl (C=O) groups is 4. The van der Waals surface area contributed by atoms with E-state index in [0.717, 1.165) is 103 Å². The predicted molar refractivity (Wildman–Crippen MR) is 255 cm³/mol. The molecule has 0 radical (unpaired) electrons. The molecule has 0 heterocycles. The molecular formula is C50H98N4O8. The van der Waals surface area contributed by atoms with Crippen molar-refractivity contribution in [1.82, 2.24) is 19.6 Å². The van der Waals surface area contributed by atoms with E-state index in [1.165, 1.54) is 51.4 Å². The molecule has 2 amide bonds. The van der Waals surface area contributed by atoms with E-state index in [1.54, 1.807) is 9.80 Å². The molecule has 0 aromatic carbocycles. The van der Waals surface area contributed by atoms with Gasteiger partial charge in [-0.3, -0.25) is 14.5 Å². The summed E-state index contributed by atoms with van der Waals surface area (Å²) in [4.78, 5) is 60.1. The van der Waals surface area contributed by atoms with Crippen molar-refractivity contribution in [3.8, 4) is 0 Å². The molecule has 12 heteroatoms. The molecule has 0 saturated carbocycles. The number of nitrogens with zero attached hydrogens (tertiary/aromatic N) is 4. The van der Waals surface area contributed by atoms with Gasteiger partial charge in [-0.1, -0.05) is 145 Å². The molecule has 0 spiro atoms. The first-order valence-electron chi connectivity index (χ1n) is 25.7. The lowest BCUT2D eigenvalue weighted by Crippen LogP contribution is -2.41. The van der Waals surface area contributed by atoms with E-state index >= 15 is 0 Å². The van der Waals surface area contributed by atoms with E-state index in [4.69, 9.17) is 18.9 Å². The summed E-state index contributed by atoms with van der Waals surface area (Å²) < 4.78 is 23.1. The van der Waals surface area contributed by atoms with Gasteiger partial charge in [0.05, 0.1) is 26.1 Å². The van der Waals surface area contributed by atoms with Crippen molar-refractivity contribution in [2.75, 3.05) is 91.9 Å². The first kappa shape index (κ1) is 59.4. The first-order valence-corrected chi connectivity index (χ1v) is 25.7. The van der Waals surface area contributed by atoms with Crippen LogP contribution in [0.5, 0.6) is 0 Å². The van der Waals surface area contributed by atoms with Gasteiger partial charge in [0.15, 0.2) is 0 Å². The Morgan fingerprint density at radius 1 is 0.371 bits per heavy atom. The lowest BCUT2D eigenvalue weighted by atomic mass is 9.96. The van der Waals surface area contributed by atoms with Crippen molar-refractivity contribution in [2.45, 2.75) is 197 Å². The molecule has 0 aliphatic heterocycles. The molecule has 0 aromatic rings. The van der Waals surface area contributed by atoms with Crippen molar-refractivity contribution >= 4 is 24.1 Å². The largest absolute Gasteiger partial charge is 0.465 e. The number of ether oxygens (including phenoxy) is 4. The molecule has 0 N–H and O–H groups in total. The van der Waals surface area contributed by atoms with E-state index in [1.807, 2.05) is 0 Å². The molecule has 0 aromatic heterocycles. The third kappa shape index (κ3) is 33.0. The minimum Gasteiger partial charge on any atom is -0.465 e. The molecule has 0 saturated heterocycles. The number of hydrogen-bond acceptors (Lipinski definition) is 10. The van der Waals surface area contributed by atoms with Crippen LogP contribution in [0.1, 0.15) is 197 Å². The van der Waals surface area contributed by atoms with E-state index in [9.17, 15) is 19.2 Å². The molecule has 0 aliphatic rings. The van der Waals surface area contributed by atoms with Gasteiger partial charge in [-0.25, -0.2) is 9.59 Å². The fraction of sp³-hybridized carbons (Fsp3) is 0.920. The second-order valence-corrected chi connectivity index (χ2v) is 17.4. The highest BCUT2D eigenvalue weighted by molar-refractivity contribution is 5.72. The van der Waals surface area contributed by atoms with Crippen LogP contribution in [-0.4, -0.2) is 136 Å². The molecule has 0 fully saturated rings. The van der Waals surface area contributed by atoms with Crippen molar-refractivity contribution < 1.29 is 38.1 Å². The maximum atomic E-state index is 13.3. The highest BCUT2D eigenvalue weighted by atomic mass is 16.6. The Morgan fingerprint density at radius 2 is 0.710 bits per heavy atom. The Labute approximate surface area is 381 Å². The standard InChI is InChI=1S/C50H98N4O8/c1-9-17-23-27-45(28-24-18-10-2)43-61-47(55)31-35-53(33-21-13-5)49(57)59-41-39-52(38-37-51(15-7)16-8)40-42-60-50(58)54(34-22-14-6)36-32-48(56)62-44-46(29-25-19-11-3)30-26-20-12-4/h45-46H,9-44H2,1-8H3. The molecule has 0 aliphatic carbocycles. The van der Waals surface area contributed by atoms with Gasteiger partial charge in [-0.15, -0.1) is 0 Å². The fourth-order valence-corrected chi connectivity index (χ4v) is 7.52. The van der Waals surface area contributed by atoms with E-state index < -0.39 is 12.2 Å². The summed E-state index contributed by atoms with van der Waals surface area (Å²) in [6.07, 6.45) is 21.4. The number of carbonyl (C=O) groups excluding carboxylic acids is 4. The maximum Gasteiger partial charge on any atom is 0.409 e. The normalized spacial score (nSPS) is 11.5. The minimum atomic E-state index is -0.424. The first-order chi connectivity index (χ1) is 30.1. The SMILES string of the molecule is CCCCCC(CCCCC)COC(=O)CCN(CCCC)C(=O)OCCN(CCOC(=O)N(CCCC)CCC(=O)OCC(CCCCC)CCCCC)CCN(CC)CC.